The third-order valence-electron chi connectivity index (χ3n) is 7.24. The van der Waals surface area contributed by atoms with Gasteiger partial charge in [0, 0.05) is 41.7 Å². The van der Waals surface area contributed by atoms with Gasteiger partial charge in [-0.3, -0.25) is 4.79 Å². The number of halogens is 1. The van der Waals surface area contributed by atoms with Gasteiger partial charge in [0.05, 0.1) is 17.2 Å². The molecule has 2 aromatic carbocycles. The lowest BCUT2D eigenvalue weighted by Crippen LogP contribution is -2.74. The number of nitrogens with one attached hydrogen (secondary N) is 1. The molecule has 38 heavy (non-hydrogen) atoms. The summed E-state index contributed by atoms with van der Waals surface area (Å²) in [5.74, 6) is 1.23. The molecule has 206 valence electrons. The number of hydrogen-bond donors (Lipinski definition) is 2. The molecule has 0 radical (unpaired) electrons. The number of carbonyl (C=O) groups excluding carboxylic acids is 1. The van der Waals surface area contributed by atoms with Gasteiger partial charge in [0.15, 0.2) is 0 Å². The number of ether oxygens (including phenoxy) is 3. The standard InChI is InChI=1S/C30H40ClN3O4/c1-29(2)27(30(3,4)28(29)38-24-14-11-22(20-33)25(31)19-24)34-26(35)21-9-12-23(13-10-21)37-18-7-5-6-16-36-17-8-15-32/h9-14,19,27-28H,5-8,15-18,32H2,1-4H3,(H,34,35)/t27-,28-. The van der Waals surface area contributed by atoms with Crippen molar-refractivity contribution >= 4 is 17.5 Å². The Bertz CT molecular complexity index is 1100. The molecule has 0 unspecified atom stereocenters. The van der Waals surface area contributed by atoms with Crippen LogP contribution in [0, 0.1) is 22.2 Å². The molecular weight excluding hydrogens is 502 g/mol. The van der Waals surface area contributed by atoms with Crippen molar-refractivity contribution in [3.8, 4) is 17.6 Å². The largest absolute Gasteiger partial charge is 0.494 e. The van der Waals surface area contributed by atoms with E-state index in [1.807, 2.05) is 12.1 Å². The van der Waals surface area contributed by atoms with Gasteiger partial charge < -0.3 is 25.3 Å². The third-order valence-corrected chi connectivity index (χ3v) is 7.55. The van der Waals surface area contributed by atoms with E-state index in [4.69, 9.17) is 36.8 Å². The van der Waals surface area contributed by atoms with Crippen LogP contribution < -0.4 is 20.5 Å². The molecule has 0 aliphatic heterocycles. The van der Waals surface area contributed by atoms with Crippen molar-refractivity contribution in [2.75, 3.05) is 26.4 Å². The van der Waals surface area contributed by atoms with Gasteiger partial charge in [-0.15, -0.1) is 0 Å². The van der Waals surface area contributed by atoms with Gasteiger partial charge >= 0.3 is 0 Å². The summed E-state index contributed by atoms with van der Waals surface area (Å²) in [5, 5.41) is 12.7. The Labute approximate surface area is 231 Å². The molecule has 0 saturated heterocycles. The van der Waals surface area contributed by atoms with Gasteiger partial charge in [-0.2, -0.15) is 5.26 Å². The lowest BCUT2D eigenvalue weighted by Gasteiger charge is -2.63. The van der Waals surface area contributed by atoms with Crippen molar-refractivity contribution < 1.29 is 19.0 Å². The average molecular weight is 542 g/mol. The van der Waals surface area contributed by atoms with E-state index in [-0.39, 0.29) is 28.9 Å². The third kappa shape index (κ3) is 7.19. The van der Waals surface area contributed by atoms with E-state index in [0.29, 0.717) is 35.1 Å². The summed E-state index contributed by atoms with van der Waals surface area (Å²) < 4.78 is 17.6. The van der Waals surface area contributed by atoms with E-state index >= 15 is 0 Å². The van der Waals surface area contributed by atoms with Gasteiger partial charge in [-0.25, -0.2) is 0 Å². The monoisotopic (exact) mass is 541 g/mol. The predicted octanol–water partition coefficient (Wildman–Crippen LogP) is 5.74. The highest BCUT2D eigenvalue weighted by Gasteiger charge is 2.64. The average Bonchev–Trinajstić information content (AvgIpc) is 2.89. The van der Waals surface area contributed by atoms with Crippen LogP contribution in [0.5, 0.6) is 11.5 Å². The SMILES string of the molecule is CC1(C)[C@H](NC(=O)c2ccc(OCCCCCOCCCN)cc2)C(C)(C)[C@H]1Oc1ccc(C#N)c(Cl)c1. The fraction of sp³-hybridized carbons (Fsp3) is 0.533. The van der Waals surface area contributed by atoms with Crippen LogP contribution >= 0.6 is 11.6 Å². The minimum Gasteiger partial charge on any atom is -0.494 e. The zero-order valence-electron chi connectivity index (χ0n) is 22.9. The second kappa shape index (κ2) is 13.3. The van der Waals surface area contributed by atoms with E-state index in [9.17, 15) is 4.79 Å². The first-order valence-corrected chi connectivity index (χ1v) is 13.7. The van der Waals surface area contributed by atoms with Crippen LogP contribution in [0.4, 0.5) is 0 Å². The molecule has 2 aromatic rings. The molecule has 1 fully saturated rings. The maximum Gasteiger partial charge on any atom is 0.251 e. The van der Waals surface area contributed by atoms with Crippen molar-refractivity contribution in [3.05, 3.63) is 58.6 Å². The highest BCUT2D eigenvalue weighted by atomic mass is 35.5. The number of unbranched alkanes of at least 4 members (excludes halogenated alkanes) is 2. The van der Waals surface area contributed by atoms with Gasteiger partial charge in [0.2, 0.25) is 0 Å². The molecule has 0 spiro atoms. The summed E-state index contributed by atoms with van der Waals surface area (Å²) in [4.78, 5) is 13.1. The van der Waals surface area contributed by atoms with Gasteiger partial charge in [-0.1, -0.05) is 39.3 Å². The molecule has 1 aliphatic carbocycles. The first-order chi connectivity index (χ1) is 18.1. The Hall–Kier alpha value is -2.79. The highest BCUT2D eigenvalue weighted by Crippen LogP contribution is 2.55. The predicted molar refractivity (Wildman–Crippen MR) is 150 cm³/mol. The maximum absolute atomic E-state index is 13.1. The Morgan fingerprint density at radius 1 is 0.974 bits per heavy atom. The number of amides is 1. The van der Waals surface area contributed by atoms with Crippen LogP contribution in [-0.4, -0.2) is 44.4 Å². The van der Waals surface area contributed by atoms with Crippen LogP contribution in [0.3, 0.4) is 0 Å². The number of nitrogens with two attached hydrogens (primary N) is 1. The zero-order valence-corrected chi connectivity index (χ0v) is 23.6. The van der Waals surface area contributed by atoms with Gasteiger partial charge in [-0.05, 0) is 68.6 Å². The number of nitrogens with zero attached hydrogens (tertiary/aromatic N) is 1. The maximum atomic E-state index is 13.1. The lowest BCUT2D eigenvalue weighted by molar-refractivity contribution is -0.164. The summed E-state index contributed by atoms with van der Waals surface area (Å²) >= 11 is 6.18. The number of benzene rings is 2. The summed E-state index contributed by atoms with van der Waals surface area (Å²) in [6.45, 7) is 11.1. The first kappa shape index (κ1) is 29.8. The summed E-state index contributed by atoms with van der Waals surface area (Å²) in [5.41, 5.74) is 5.80. The van der Waals surface area contributed by atoms with E-state index in [0.717, 1.165) is 44.6 Å². The molecule has 0 heterocycles. The fourth-order valence-electron chi connectivity index (χ4n) is 5.47. The van der Waals surface area contributed by atoms with Crippen molar-refractivity contribution in [2.45, 2.75) is 65.5 Å². The van der Waals surface area contributed by atoms with Crippen LogP contribution in [0.2, 0.25) is 5.02 Å². The molecule has 3 N–H and O–H groups in total. The van der Waals surface area contributed by atoms with Crippen molar-refractivity contribution in [1.29, 1.82) is 5.26 Å². The highest BCUT2D eigenvalue weighted by molar-refractivity contribution is 6.31. The first-order valence-electron chi connectivity index (χ1n) is 13.3. The quantitative estimate of drug-likeness (QED) is 0.295. The van der Waals surface area contributed by atoms with Crippen LogP contribution in [0.15, 0.2) is 42.5 Å². The second-order valence-electron chi connectivity index (χ2n) is 11.0. The number of nitriles is 1. The Kier molecular flexibility index (Phi) is 10.4. The van der Waals surface area contributed by atoms with Gasteiger partial charge in [0.1, 0.15) is 23.7 Å². The summed E-state index contributed by atoms with van der Waals surface area (Å²) in [6.07, 6.45) is 3.74. The number of rotatable bonds is 14. The molecule has 0 aromatic heterocycles. The van der Waals surface area contributed by atoms with Crippen molar-refractivity contribution in [2.24, 2.45) is 16.6 Å². The van der Waals surface area contributed by atoms with E-state index in [1.54, 1.807) is 30.3 Å². The minimum atomic E-state index is -0.321. The summed E-state index contributed by atoms with van der Waals surface area (Å²) in [7, 11) is 0. The Balaban J connectivity index is 1.48. The van der Waals surface area contributed by atoms with E-state index in [1.165, 1.54) is 0 Å². The molecule has 1 aliphatic rings. The number of carbonyl (C=O) groups is 1. The fourth-order valence-corrected chi connectivity index (χ4v) is 5.69. The molecule has 7 nitrogen and oxygen atoms in total. The molecule has 1 amide bonds. The molecule has 1 saturated carbocycles. The summed E-state index contributed by atoms with van der Waals surface area (Å²) in [6, 6.07) is 14.3. The molecule has 0 atom stereocenters. The second-order valence-corrected chi connectivity index (χ2v) is 11.4. The van der Waals surface area contributed by atoms with Crippen molar-refractivity contribution in [1.82, 2.24) is 5.32 Å². The van der Waals surface area contributed by atoms with Crippen LogP contribution in [0.1, 0.15) is 69.3 Å². The van der Waals surface area contributed by atoms with Crippen LogP contribution in [-0.2, 0) is 4.74 Å². The lowest BCUT2D eigenvalue weighted by atomic mass is 9.49. The Morgan fingerprint density at radius 2 is 1.61 bits per heavy atom. The molecule has 0 bridgehead atoms. The van der Waals surface area contributed by atoms with E-state index < -0.39 is 0 Å². The minimum absolute atomic E-state index is 0.100. The topological polar surface area (TPSA) is 107 Å². The van der Waals surface area contributed by atoms with Crippen LogP contribution in [0.25, 0.3) is 0 Å². The van der Waals surface area contributed by atoms with Crippen molar-refractivity contribution in [3.63, 3.8) is 0 Å². The normalized spacial score (nSPS) is 19.2. The number of hydrogen-bond acceptors (Lipinski definition) is 6. The van der Waals surface area contributed by atoms with Gasteiger partial charge in [0.25, 0.3) is 5.91 Å². The molecular formula is C30H40ClN3O4. The molecule has 3 rings (SSSR count). The zero-order chi connectivity index (χ0) is 27.8. The Morgan fingerprint density at radius 3 is 2.24 bits per heavy atom. The molecule has 8 heteroatoms. The van der Waals surface area contributed by atoms with E-state index in [2.05, 4.69) is 39.1 Å². The smallest absolute Gasteiger partial charge is 0.251 e.